The predicted octanol–water partition coefficient (Wildman–Crippen LogP) is 2.22. The molecule has 0 atom stereocenters. The van der Waals surface area contributed by atoms with Gasteiger partial charge in [-0.2, -0.15) is 0 Å². The van der Waals surface area contributed by atoms with Crippen molar-refractivity contribution in [3.05, 3.63) is 63.7 Å². The number of nitrogens with zero attached hydrogens (tertiary/aromatic N) is 3. The zero-order valence-electron chi connectivity index (χ0n) is 16.6. The quantitative estimate of drug-likeness (QED) is 0.574. The molecule has 4 rings (SSSR count). The van der Waals surface area contributed by atoms with E-state index in [0.717, 1.165) is 37.4 Å². The molecule has 0 unspecified atom stereocenters. The van der Waals surface area contributed by atoms with Gasteiger partial charge in [-0.15, -0.1) is 0 Å². The Hall–Kier alpha value is -3.01. The van der Waals surface area contributed by atoms with Crippen LogP contribution < -0.4 is 10.1 Å². The number of rotatable bonds is 6. The highest BCUT2D eigenvalue weighted by Gasteiger charge is 2.24. The fraction of sp³-hybridized carbons (Fsp3) is 0.381. The second-order valence-corrected chi connectivity index (χ2v) is 7.43. The average Bonchev–Trinajstić information content (AvgIpc) is 2.75. The lowest BCUT2D eigenvalue weighted by molar-refractivity contribution is -0.385. The van der Waals surface area contributed by atoms with E-state index in [-0.39, 0.29) is 23.3 Å². The molecule has 30 heavy (non-hydrogen) atoms. The van der Waals surface area contributed by atoms with E-state index >= 15 is 0 Å². The minimum absolute atomic E-state index is 0.0317. The number of amides is 1. The largest absolute Gasteiger partial charge is 0.467 e. The summed E-state index contributed by atoms with van der Waals surface area (Å²) in [7, 11) is 0. The predicted molar refractivity (Wildman–Crippen MR) is 110 cm³/mol. The molecule has 9 heteroatoms. The van der Waals surface area contributed by atoms with Crippen molar-refractivity contribution < 1.29 is 19.2 Å². The zero-order chi connectivity index (χ0) is 20.9. The summed E-state index contributed by atoms with van der Waals surface area (Å²) in [6.07, 6.45) is 0. The Balaban J connectivity index is 1.33. The molecule has 0 saturated carbocycles. The van der Waals surface area contributed by atoms with Crippen LogP contribution in [0.2, 0.25) is 0 Å². The highest BCUT2D eigenvalue weighted by molar-refractivity contribution is 5.92. The number of non-ortho nitro benzene ring substituents is 1. The van der Waals surface area contributed by atoms with E-state index in [0.29, 0.717) is 31.0 Å². The number of carbonyl (C=O) groups excluding carboxylic acids is 1. The second-order valence-electron chi connectivity index (χ2n) is 7.43. The van der Waals surface area contributed by atoms with Gasteiger partial charge in [0.25, 0.3) is 5.69 Å². The summed E-state index contributed by atoms with van der Waals surface area (Å²) in [5.41, 5.74) is 2.36. The van der Waals surface area contributed by atoms with Gasteiger partial charge in [-0.3, -0.25) is 24.7 Å². The maximum atomic E-state index is 12.3. The number of anilines is 1. The molecule has 0 bridgehead atoms. The molecule has 2 aromatic carbocycles. The highest BCUT2D eigenvalue weighted by Crippen LogP contribution is 2.33. The fourth-order valence-corrected chi connectivity index (χ4v) is 3.78. The van der Waals surface area contributed by atoms with Crippen molar-refractivity contribution >= 4 is 17.3 Å². The Morgan fingerprint density at radius 1 is 1.10 bits per heavy atom. The third-order valence-electron chi connectivity index (χ3n) is 5.27. The molecule has 1 amide bonds. The van der Waals surface area contributed by atoms with E-state index in [1.54, 1.807) is 6.07 Å². The number of hydrogen-bond donors (Lipinski definition) is 1. The third-order valence-corrected chi connectivity index (χ3v) is 5.27. The number of nitrogens with one attached hydrogen (secondary N) is 1. The summed E-state index contributed by atoms with van der Waals surface area (Å²) in [5.74, 6) is 0.660. The highest BCUT2D eigenvalue weighted by atomic mass is 16.7. The lowest BCUT2D eigenvalue weighted by atomic mass is 10.1. The number of nitro groups is 1. The van der Waals surface area contributed by atoms with E-state index in [4.69, 9.17) is 9.47 Å². The minimum Gasteiger partial charge on any atom is -0.467 e. The Kier molecular flexibility index (Phi) is 6.22. The van der Waals surface area contributed by atoms with Gasteiger partial charge in [0.2, 0.25) is 5.91 Å². The molecule has 2 heterocycles. The topological polar surface area (TPSA) is 97.2 Å². The SMILES string of the molecule is O=C(CN1CCN(Cc2cc([N+](=O)[O-])cc3c2OCOC3)CC1)Nc1ccccc1. The zero-order valence-corrected chi connectivity index (χ0v) is 16.6. The van der Waals surface area contributed by atoms with Crippen molar-refractivity contribution in [2.24, 2.45) is 0 Å². The van der Waals surface area contributed by atoms with Gasteiger partial charge in [-0.25, -0.2) is 0 Å². The number of fused-ring (bicyclic) bond motifs is 1. The Labute approximate surface area is 174 Å². The molecule has 1 fully saturated rings. The standard InChI is InChI=1S/C21H24N4O5/c26-20(22-18-4-2-1-3-5-18)13-24-8-6-23(7-9-24)12-16-10-19(25(27)28)11-17-14-29-15-30-21(16)17/h1-5,10-11H,6-9,12-15H2,(H,22,26). The molecule has 0 aliphatic carbocycles. The number of hydrogen-bond acceptors (Lipinski definition) is 7. The van der Waals surface area contributed by atoms with Crippen LogP contribution in [-0.2, 0) is 22.7 Å². The molecule has 0 radical (unpaired) electrons. The maximum Gasteiger partial charge on any atom is 0.270 e. The van der Waals surface area contributed by atoms with Gasteiger partial charge in [-0.1, -0.05) is 18.2 Å². The second kappa shape index (κ2) is 9.21. The van der Waals surface area contributed by atoms with Crippen LogP contribution in [-0.4, -0.2) is 60.1 Å². The Bertz CT molecular complexity index is 913. The monoisotopic (exact) mass is 412 g/mol. The summed E-state index contributed by atoms with van der Waals surface area (Å²) < 4.78 is 10.9. The summed E-state index contributed by atoms with van der Waals surface area (Å²) in [4.78, 5) is 27.5. The summed E-state index contributed by atoms with van der Waals surface area (Å²) in [5, 5.41) is 14.2. The molecular weight excluding hydrogens is 388 g/mol. The van der Waals surface area contributed by atoms with Crippen molar-refractivity contribution in [3.63, 3.8) is 0 Å². The minimum atomic E-state index is -0.387. The first-order valence-corrected chi connectivity index (χ1v) is 9.89. The van der Waals surface area contributed by atoms with Gasteiger partial charge >= 0.3 is 0 Å². The number of piperazine rings is 1. The lowest BCUT2D eigenvalue weighted by Crippen LogP contribution is -2.48. The number of para-hydroxylation sites is 1. The van der Waals surface area contributed by atoms with Crippen LogP contribution in [0.15, 0.2) is 42.5 Å². The number of ether oxygens (including phenoxy) is 2. The van der Waals surface area contributed by atoms with E-state index in [9.17, 15) is 14.9 Å². The third kappa shape index (κ3) is 4.93. The summed E-state index contributed by atoms with van der Waals surface area (Å²) in [6, 6.07) is 12.5. The van der Waals surface area contributed by atoms with Gasteiger partial charge in [-0.05, 0) is 12.1 Å². The lowest BCUT2D eigenvalue weighted by Gasteiger charge is -2.34. The van der Waals surface area contributed by atoms with Crippen LogP contribution in [0.1, 0.15) is 11.1 Å². The number of benzene rings is 2. The molecule has 0 spiro atoms. The first-order chi connectivity index (χ1) is 14.6. The van der Waals surface area contributed by atoms with Crippen molar-refractivity contribution in [1.82, 2.24) is 9.80 Å². The van der Waals surface area contributed by atoms with Crippen LogP contribution in [0.4, 0.5) is 11.4 Å². The van der Waals surface area contributed by atoms with E-state index in [2.05, 4.69) is 15.1 Å². The summed E-state index contributed by atoms with van der Waals surface area (Å²) in [6.45, 7) is 4.42. The van der Waals surface area contributed by atoms with Crippen molar-refractivity contribution in [2.75, 3.05) is 44.8 Å². The van der Waals surface area contributed by atoms with Crippen LogP contribution in [0.3, 0.4) is 0 Å². The van der Waals surface area contributed by atoms with Gasteiger partial charge < -0.3 is 14.8 Å². The fourth-order valence-electron chi connectivity index (χ4n) is 3.78. The first-order valence-electron chi connectivity index (χ1n) is 9.89. The van der Waals surface area contributed by atoms with Gasteiger partial charge in [0.15, 0.2) is 6.79 Å². The Morgan fingerprint density at radius 2 is 1.83 bits per heavy atom. The summed E-state index contributed by atoms with van der Waals surface area (Å²) >= 11 is 0. The molecule has 0 aromatic heterocycles. The first kappa shape index (κ1) is 20.3. The van der Waals surface area contributed by atoms with E-state index in [1.807, 2.05) is 30.3 Å². The molecule has 9 nitrogen and oxygen atoms in total. The van der Waals surface area contributed by atoms with E-state index in [1.165, 1.54) is 6.07 Å². The normalized spacial score (nSPS) is 17.1. The van der Waals surface area contributed by atoms with Crippen LogP contribution in [0, 0.1) is 10.1 Å². The molecule has 2 aromatic rings. The van der Waals surface area contributed by atoms with Gasteiger partial charge in [0.05, 0.1) is 18.1 Å². The van der Waals surface area contributed by atoms with Crippen molar-refractivity contribution in [3.8, 4) is 5.75 Å². The maximum absolute atomic E-state index is 12.3. The van der Waals surface area contributed by atoms with E-state index < -0.39 is 0 Å². The molecular formula is C21H24N4O5. The molecule has 1 saturated heterocycles. The van der Waals surface area contributed by atoms with Crippen LogP contribution >= 0.6 is 0 Å². The molecule has 1 N–H and O–H groups in total. The van der Waals surface area contributed by atoms with Crippen molar-refractivity contribution in [2.45, 2.75) is 13.2 Å². The molecule has 2 aliphatic heterocycles. The average molecular weight is 412 g/mol. The molecule has 2 aliphatic rings. The Morgan fingerprint density at radius 3 is 2.57 bits per heavy atom. The van der Waals surface area contributed by atoms with Crippen LogP contribution in [0.25, 0.3) is 0 Å². The van der Waals surface area contributed by atoms with Gasteiger partial charge in [0.1, 0.15) is 5.75 Å². The smallest absolute Gasteiger partial charge is 0.270 e. The molecule has 158 valence electrons. The number of carbonyl (C=O) groups is 1. The van der Waals surface area contributed by atoms with Gasteiger partial charge in [0, 0.05) is 61.7 Å². The number of nitro benzene ring substituents is 1. The van der Waals surface area contributed by atoms with Crippen LogP contribution in [0.5, 0.6) is 5.75 Å². The van der Waals surface area contributed by atoms with Crippen molar-refractivity contribution in [1.29, 1.82) is 0 Å².